The summed E-state index contributed by atoms with van der Waals surface area (Å²) < 4.78 is 5.34. The lowest BCUT2D eigenvalue weighted by Crippen LogP contribution is -2.34. The molecule has 0 heterocycles. The Morgan fingerprint density at radius 3 is 2.75 bits per heavy atom. The third-order valence-corrected chi connectivity index (χ3v) is 3.49. The van der Waals surface area contributed by atoms with Gasteiger partial charge in [-0.1, -0.05) is 19.3 Å². The molecule has 1 rings (SSSR count). The molecule has 0 aromatic carbocycles. The van der Waals surface area contributed by atoms with Crippen molar-refractivity contribution < 1.29 is 9.84 Å². The minimum absolute atomic E-state index is 0.0861. The fourth-order valence-corrected chi connectivity index (χ4v) is 2.43. The molecule has 1 fully saturated rings. The van der Waals surface area contributed by atoms with E-state index in [0.29, 0.717) is 5.92 Å². The van der Waals surface area contributed by atoms with E-state index < -0.39 is 0 Å². The van der Waals surface area contributed by atoms with Gasteiger partial charge in [-0.25, -0.2) is 0 Å². The van der Waals surface area contributed by atoms with Crippen molar-refractivity contribution in [2.75, 3.05) is 33.4 Å². The minimum Gasteiger partial charge on any atom is -0.393 e. The van der Waals surface area contributed by atoms with E-state index in [9.17, 15) is 5.11 Å². The van der Waals surface area contributed by atoms with Gasteiger partial charge in [-0.15, -0.1) is 0 Å². The molecule has 0 radical (unpaired) electrons. The molecular formula is C13H27NO2. The number of hydrogen-bond donors (Lipinski definition) is 1. The van der Waals surface area contributed by atoms with Gasteiger partial charge >= 0.3 is 0 Å². The zero-order valence-electron chi connectivity index (χ0n) is 10.8. The molecule has 0 amide bonds. The molecule has 0 aromatic heterocycles. The second-order valence-electron chi connectivity index (χ2n) is 4.92. The summed E-state index contributed by atoms with van der Waals surface area (Å²) in [5.74, 6) is 0.467. The standard InChI is InChI=1S/C13H27NO2/c1-3-16-10-9-14(2)11-12-7-5-4-6-8-13(12)15/h12-13,15H,3-11H2,1-2H3. The maximum atomic E-state index is 10.0. The van der Waals surface area contributed by atoms with Gasteiger partial charge in [0.2, 0.25) is 0 Å². The average molecular weight is 229 g/mol. The number of aliphatic hydroxyl groups excluding tert-OH is 1. The van der Waals surface area contributed by atoms with E-state index >= 15 is 0 Å². The molecule has 1 aliphatic rings. The summed E-state index contributed by atoms with van der Waals surface area (Å²) in [6.07, 6.45) is 5.85. The number of rotatable bonds is 6. The summed E-state index contributed by atoms with van der Waals surface area (Å²) in [5, 5.41) is 10.0. The van der Waals surface area contributed by atoms with Crippen molar-refractivity contribution in [3.63, 3.8) is 0 Å². The molecule has 0 aromatic rings. The predicted molar refractivity (Wildman–Crippen MR) is 66.6 cm³/mol. The van der Waals surface area contributed by atoms with E-state index in [1.54, 1.807) is 0 Å². The van der Waals surface area contributed by atoms with Crippen LogP contribution < -0.4 is 0 Å². The van der Waals surface area contributed by atoms with Gasteiger partial charge in [0.05, 0.1) is 12.7 Å². The summed E-state index contributed by atoms with van der Waals surface area (Å²) in [6, 6.07) is 0. The van der Waals surface area contributed by atoms with E-state index in [1.165, 1.54) is 25.7 Å². The SMILES string of the molecule is CCOCCN(C)CC1CCCCCC1O. The summed E-state index contributed by atoms with van der Waals surface area (Å²) >= 11 is 0. The van der Waals surface area contributed by atoms with Gasteiger partial charge in [-0.3, -0.25) is 0 Å². The van der Waals surface area contributed by atoms with Crippen LogP contribution in [0.4, 0.5) is 0 Å². The van der Waals surface area contributed by atoms with Gasteiger partial charge in [-0.2, -0.15) is 0 Å². The molecule has 3 heteroatoms. The zero-order chi connectivity index (χ0) is 11.8. The molecule has 1 saturated carbocycles. The molecule has 1 N–H and O–H groups in total. The third-order valence-electron chi connectivity index (χ3n) is 3.49. The zero-order valence-corrected chi connectivity index (χ0v) is 10.8. The molecule has 3 nitrogen and oxygen atoms in total. The Labute approximate surface area is 99.8 Å². The summed E-state index contributed by atoms with van der Waals surface area (Å²) in [7, 11) is 2.12. The normalized spacial score (nSPS) is 27.0. The van der Waals surface area contributed by atoms with Gasteiger partial charge in [0.25, 0.3) is 0 Å². The van der Waals surface area contributed by atoms with Crippen molar-refractivity contribution in [3.05, 3.63) is 0 Å². The van der Waals surface area contributed by atoms with Crippen molar-refractivity contribution >= 4 is 0 Å². The highest BCUT2D eigenvalue weighted by atomic mass is 16.5. The van der Waals surface area contributed by atoms with Crippen molar-refractivity contribution in [1.29, 1.82) is 0 Å². The van der Waals surface area contributed by atoms with Crippen LogP contribution in [0, 0.1) is 5.92 Å². The number of ether oxygens (including phenoxy) is 1. The summed E-state index contributed by atoms with van der Waals surface area (Å²) in [4.78, 5) is 2.29. The molecule has 96 valence electrons. The lowest BCUT2D eigenvalue weighted by atomic mass is 9.97. The van der Waals surface area contributed by atoms with Crippen molar-refractivity contribution in [1.82, 2.24) is 4.90 Å². The number of likely N-dealkylation sites (N-methyl/N-ethyl adjacent to an activating group) is 1. The average Bonchev–Trinajstić information content (AvgIpc) is 2.45. The minimum atomic E-state index is -0.0861. The maximum Gasteiger partial charge on any atom is 0.0593 e. The molecule has 2 unspecified atom stereocenters. The second-order valence-corrected chi connectivity index (χ2v) is 4.92. The van der Waals surface area contributed by atoms with E-state index in [4.69, 9.17) is 4.74 Å². The van der Waals surface area contributed by atoms with Gasteiger partial charge in [0.15, 0.2) is 0 Å². The van der Waals surface area contributed by atoms with Crippen LogP contribution in [0.15, 0.2) is 0 Å². The highest BCUT2D eigenvalue weighted by Gasteiger charge is 2.22. The fraction of sp³-hybridized carbons (Fsp3) is 1.00. The highest BCUT2D eigenvalue weighted by Crippen LogP contribution is 2.23. The quantitative estimate of drug-likeness (QED) is 0.558. The van der Waals surface area contributed by atoms with Crippen LogP contribution in [0.25, 0.3) is 0 Å². The van der Waals surface area contributed by atoms with Crippen molar-refractivity contribution in [2.45, 2.75) is 45.1 Å². The lowest BCUT2D eigenvalue weighted by molar-refractivity contribution is 0.0667. The molecule has 0 aliphatic heterocycles. The topological polar surface area (TPSA) is 32.7 Å². The van der Waals surface area contributed by atoms with Crippen molar-refractivity contribution in [3.8, 4) is 0 Å². The van der Waals surface area contributed by atoms with E-state index in [2.05, 4.69) is 11.9 Å². The van der Waals surface area contributed by atoms with Crippen LogP contribution in [0.5, 0.6) is 0 Å². The van der Waals surface area contributed by atoms with Crippen LogP contribution in [-0.4, -0.2) is 49.5 Å². The summed E-state index contributed by atoms with van der Waals surface area (Å²) in [6.45, 7) is 5.59. The Kier molecular flexibility index (Phi) is 7.01. The smallest absolute Gasteiger partial charge is 0.0593 e. The molecule has 0 saturated heterocycles. The first-order chi connectivity index (χ1) is 7.74. The Hall–Kier alpha value is -0.120. The monoisotopic (exact) mass is 229 g/mol. The second kappa shape index (κ2) is 8.04. The van der Waals surface area contributed by atoms with Crippen LogP contribution >= 0.6 is 0 Å². The van der Waals surface area contributed by atoms with Crippen molar-refractivity contribution in [2.24, 2.45) is 5.92 Å². The number of aliphatic hydroxyl groups is 1. The Morgan fingerprint density at radius 2 is 2.00 bits per heavy atom. The highest BCUT2D eigenvalue weighted by molar-refractivity contribution is 4.75. The van der Waals surface area contributed by atoms with E-state index in [1.807, 2.05) is 6.92 Å². The largest absolute Gasteiger partial charge is 0.393 e. The van der Waals surface area contributed by atoms with Gasteiger partial charge in [-0.05, 0) is 32.7 Å². The molecule has 1 aliphatic carbocycles. The van der Waals surface area contributed by atoms with Crippen LogP contribution in [-0.2, 0) is 4.74 Å². The lowest BCUT2D eigenvalue weighted by Gasteiger charge is -2.26. The fourth-order valence-electron chi connectivity index (χ4n) is 2.43. The Morgan fingerprint density at radius 1 is 1.25 bits per heavy atom. The van der Waals surface area contributed by atoms with Gasteiger partial charge in [0, 0.05) is 19.7 Å². The molecule has 0 spiro atoms. The van der Waals surface area contributed by atoms with E-state index in [0.717, 1.165) is 32.7 Å². The number of hydrogen-bond acceptors (Lipinski definition) is 3. The first-order valence-electron chi connectivity index (χ1n) is 6.68. The maximum absolute atomic E-state index is 10.0. The predicted octanol–water partition coefficient (Wildman–Crippen LogP) is 1.90. The molecular weight excluding hydrogens is 202 g/mol. The Bertz CT molecular complexity index is 175. The van der Waals surface area contributed by atoms with Crippen LogP contribution in [0.1, 0.15) is 39.0 Å². The Balaban J connectivity index is 2.22. The first kappa shape index (κ1) is 13.9. The molecule has 16 heavy (non-hydrogen) atoms. The first-order valence-corrected chi connectivity index (χ1v) is 6.68. The van der Waals surface area contributed by atoms with Gasteiger partial charge < -0.3 is 14.7 Å². The van der Waals surface area contributed by atoms with Gasteiger partial charge in [0.1, 0.15) is 0 Å². The van der Waals surface area contributed by atoms with Crippen LogP contribution in [0.3, 0.4) is 0 Å². The molecule has 2 atom stereocenters. The number of nitrogens with zero attached hydrogens (tertiary/aromatic N) is 1. The molecule has 0 bridgehead atoms. The van der Waals surface area contributed by atoms with E-state index in [-0.39, 0.29) is 6.10 Å². The van der Waals surface area contributed by atoms with Crippen LogP contribution in [0.2, 0.25) is 0 Å². The summed E-state index contributed by atoms with van der Waals surface area (Å²) in [5.41, 5.74) is 0. The third kappa shape index (κ3) is 5.28.